The van der Waals surface area contributed by atoms with Crippen LogP contribution >= 0.6 is 0 Å². The van der Waals surface area contributed by atoms with E-state index in [0.29, 0.717) is 0 Å². The van der Waals surface area contributed by atoms with E-state index in [-0.39, 0.29) is 6.15 Å². The predicted molar refractivity (Wildman–Crippen MR) is 29.8 cm³/mol. The first-order valence-corrected chi connectivity index (χ1v) is 2.06. The molecular weight excluding hydrogens is 74.1 g/mol. The van der Waals surface area contributed by atoms with E-state index < -0.39 is 0 Å². The molecular formula is C5H14N. The van der Waals surface area contributed by atoms with Crippen LogP contribution in [0.2, 0.25) is 0 Å². The van der Waals surface area contributed by atoms with E-state index in [1.807, 2.05) is 0 Å². The Kier molecular flexibility index (Phi) is 7.73. The molecule has 0 aliphatic rings. The maximum Gasteiger partial charge on any atom is -0.0471 e. The summed E-state index contributed by atoms with van der Waals surface area (Å²) in [4.78, 5) is 0. The molecule has 0 unspecified atom stereocenters. The molecule has 0 spiro atoms. The summed E-state index contributed by atoms with van der Waals surface area (Å²) in [6.45, 7) is 8.00. The van der Waals surface area contributed by atoms with Crippen LogP contribution in [0.3, 0.4) is 0 Å². The van der Waals surface area contributed by atoms with E-state index >= 15 is 0 Å². The quantitative estimate of drug-likeness (QED) is 0.523. The summed E-state index contributed by atoms with van der Waals surface area (Å²) >= 11 is 0. The zero-order valence-corrected chi connectivity index (χ0v) is 4.70. The lowest BCUT2D eigenvalue weighted by atomic mass is 10.2. The number of hydrogen-bond donors (Lipinski definition) is 1. The molecule has 0 bridgehead atoms. The van der Waals surface area contributed by atoms with Gasteiger partial charge in [-0.1, -0.05) is 27.2 Å². The molecule has 39 valence electrons. The highest BCUT2D eigenvalue weighted by molar-refractivity contribution is 4.42. The second-order valence-electron chi connectivity index (χ2n) is 1.68. The summed E-state index contributed by atoms with van der Waals surface area (Å²) in [6, 6.07) is 0. The Morgan fingerprint density at radius 3 is 1.67 bits per heavy atom. The van der Waals surface area contributed by atoms with Gasteiger partial charge in [0.15, 0.2) is 0 Å². The molecule has 0 aliphatic carbocycles. The normalized spacial score (nSPS) is 8.00. The summed E-state index contributed by atoms with van der Waals surface area (Å²) in [7, 11) is 0. The van der Waals surface area contributed by atoms with Crippen molar-refractivity contribution in [3.63, 3.8) is 0 Å². The first-order valence-electron chi connectivity index (χ1n) is 2.06. The molecule has 6 heavy (non-hydrogen) atoms. The smallest absolute Gasteiger partial charge is 0.0471 e. The van der Waals surface area contributed by atoms with Gasteiger partial charge in [0.05, 0.1) is 0 Å². The van der Waals surface area contributed by atoms with Crippen LogP contribution in [0.5, 0.6) is 0 Å². The average molecular weight is 88.2 g/mol. The average Bonchev–Trinajstić information content (AvgIpc) is 1.38. The summed E-state index contributed by atoms with van der Waals surface area (Å²) in [5, 5.41) is 0. The van der Waals surface area contributed by atoms with Crippen LogP contribution in [0.1, 0.15) is 20.3 Å². The Hall–Kier alpha value is -0.0400. The number of hydrogen-bond acceptors (Lipinski definition) is 1. The summed E-state index contributed by atoms with van der Waals surface area (Å²) in [5.41, 5.74) is 0. The van der Waals surface area contributed by atoms with Crippen molar-refractivity contribution in [2.45, 2.75) is 20.3 Å². The van der Waals surface area contributed by atoms with Gasteiger partial charge >= 0.3 is 0 Å². The molecule has 0 rings (SSSR count). The van der Waals surface area contributed by atoms with Crippen LogP contribution in [-0.4, -0.2) is 0 Å². The first-order chi connectivity index (χ1) is 2.27. The number of rotatable bonds is 1. The van der Waals surface area contributed by atoms with E-state index in [2.05, 4.69) is 20.8 Å². The van der Waals surface area contributed by atoms with E-state index in [4.69, 9.17) is 0 Å². The molecule has 1 radical (unpaired) electrons. The molecule has 0 saturated heterocycles. The van der Waals surface area contributed by atoms with Crippen LogP contribution < -0.4 is 6.15 Å². The predicted octanol–water partition coefficient (Wildman–Crippen LogP) is 2.03. The molecule has 0 atom stereocenters. The summed E-state index contributed by atoms with van der Waals surface area (Å²) < 4.78 is 0. The Balaban J connectivity index is 0. The molecule has 0 saturated carbocycles. The third-order valence-corrected chi connectivity index (χ3v) is 0.577. The van der Waals surface area contributed by atoms with Crippen molar-refractivity contribution in [2.24, 2.45) is 5.92 Å². The molecule has 0 heterocycles. The van der Waals surface area contributed by atoms with E-state index in [1.54, 1.807) is 0 Å². The third kappa shape index (κ3) is 9.03. The van der Waals surface area contributed by atoms with Crippen LogP contribution in [0.15, 0.2) is 0 Å². The van der Waals surface area contributed by atoms with Crippen molar-refractivity contribution in [1.29, 1.82) is 0 Å². The minimum Gasteiger partial charge on any atom is -0.344 e. The third-order valence-electron chi connectivity index (χ3n) is 0.577. The van der Waals surface area contributed by atoms with Gasteiger partial charge in [0.1, 0.15) is 0 Å². The topological polar surface area (TPSA) is 35.0 Å². The minimum atomic E-state index is 0. The lowest BCUT2D eigenvalue weighted by Gasteiger charge is -1.90. The maximum absolute atomic E-state index is 3.69. The molecule has 1 heteroatoms. The highest BCUT2D eigenvalue weighted by atomic mass is 14.0. The van der Waals surface area contributed by atoms with E-state index in [9.17, 15) is 0 Å². The maximum atomic E-state index is 3.69. The Morgan fingerprint density at radius 2 is 1.67 bits per heavy atom. The van der Waals surface area contributed by atoms with Gasteiger partial charge in [-0.3, -0.25) is 0 Å². The Bertz CT molecular complexity index is 17.9. The molecule has 0 aromatic heterocycles. The highest BCUT2D eigenvalue weighted by Crippen LogP contribution is 1.93. The highest BCUT2D eigenvalue weighted by Gasteiger charge is 1.80. The van der Waals surface area contributed by atoms with E-state index in [0.717, 1.165) is 12.3 Å². The lowest BCUT2D eigenvalue weighted by Crippen LogP contribution is -1.77. The zero-order chi connectivity index (χ0) is 4.28. The molecule has 3 N–H and O–H groups in total. The second kappa shape index (κ2) is 4.96. The van der Waals surface area contributed by atoms with Gasteiger partial charge in [-0.05, 0) is 5.92 Å². The van der Waals surface area contributed by atoms with Crippen molar-refractivity contribution >= 4 is 0 Å². The van der Waals surface area contributed by atoms with Crippen molar-refractivity contribution in [1.82, 2.24) is 6.15 Å². The SMILES string of the molecule is N.[CH2]CC(C)C. The first kappa shape index (κ1) is 9.35. The van der Waals surface area contributed by atoms with Crippen LogP contribution in [0.25, 0.3) is 0 Å². The van der Waals surface area contributed by atoms with Gasteiger partial charge in [0, 0.05) is 0 Å². The van der Waals surface area contributed by atoms with Crippen molar-refractivity contribution in [2.75, 3.05) is 0 Å². The van der Waals surface area contributed by atoms with Gasteiger partial charge in [0.2, 0.25) is 0 Å². The molecule has 0 aromatic carbocycles. The molecule has 1 nitrogen and oxygen atoms in total. The monoisotopic (exact) mass is 88.1 g/mol. The van der Waals surface area contributed by atoms with Crippen molar-refractivity contribution in [3.05, 3.63) is 6.92 Å². The van der Waals surface area contributed by atoms with Gasteiger partial charge < -0.3 is 6.15 Å². The summed E-state index contributed by atoms with van der Waals surface area (Å²) in [6.07, 6.45) is 1.06. The largest absolute Gasteiger partial charge is 0.344 e. The molecule has 0 amide bonds. The fraction of sp³-hybridized carbons (Fsp3) is 0.800. The van der Waals surface area contributed by atoms with Gasteiger partial charge in [-0.2, -0.15) is 0 Å². The van der Waals surface area contributed by atoms with Crippen LogP contribution in [0.4, 0.5) is 0 Å². The zero-order valence-electron chi connectivity index (χ0n) is 4.70. The standard InChI is InChI=1S/C5H11.H3N/c1-4-5(2)3;/h5H,1,4H2,2-3H3;1H3. The van der Waals surface area contributed by atoms with Crippen LogP contribution in [0, 0.1) is 12.8 Å². The molecule has 0 aliphatic heterocycles. The molecule has 0 fully saturated rings. The van der Waals surface area contributed by atoms with E-state index in [1.165, 1.54) is 0 Å². The van der Waals surface area contributed by atoms with Gasteiger partial charge in [-0.25, -0.2) is 0 Å². The van der Waals surface area contributed by atoms with Gasteiger partial charge in [0.25, 0.3) is 0 Å². The second-order valence-corrected chi connectivity index (χ2v) is 1.68. The fourth-order valence-corrected chi connectivity index (χ4v) is 0. The van der Waals surface area contributed by atoms with Crippen LogP contribution in [-0.2, 0) is 0 Å². The Labute approximate surface area is 40.3 Å². The minimum absolute atomic E-state index is 0. The molecule has 0 aromatic rings. The summed E-state index contributed by atoms with van der Waals surface area (Å²) in [5.74, 6) is 0.773. The van der Waals surface area contributed by atoms with Crippen molar-refractivity contribution < 1.29 is 0 Å². The Morgan fingerprint density at radius 1 is 1.50 bits per heavy atom. The fourth-order valence-electron chi connectivity index (χ4n) is 0. The van der Waals surface area contributed by atoms with Gasteiger partial charge in [-0.15, -0.1) is 0 Å². The van der Waals surface area contributed by atoms with Crippen molar-refractivity contribution in [3.8, 4) is 0 Å². The lowest BCUT2D eigenvalue weighted by molar-refractivity contribution is 0.661.